The Hall–Kier alpha value is -1.40. The standard InChI is InChI=1S/C7H13N5O/c1-13-3-2-10-6-4-9-5-7(11-6)12-8/h4-5H,2-3,8H2,1H3,(H2,10,11,12). The highest BCUT2D eigenvalue weighted by Gasteiger charge is 1.95. The lowest BCUT2D eigenvalue weighted by Crippen LogP contribution is -2.12. The van der Waals surface area contributed by atoms with E-state index in [9.17, 15) is 0 Å². The van der Waals surface area contributed by atoms with Gasteiger partial charge in [0.2, 0.25) is 0 Å². The molecule has 0 spiro atoms. The second-order valence-electron chi connectivity index (χ2n) is 2.35. The lowest BCUT2D eigenvalue weighted by Gasteiger charge is -2.05. The normalized spacial score (nSPS) is 9.69. The summed E-state index contributed by atoms with van der Waals surface area (Å²) >= 11 is 0. The third-order valence-electron chi connectivity index (χ3n) is 1.39. The number of nitrogens with zero attached hydrogens (tertiary/aromatic N) is 2. The van der Waals surface area contributed by atoms with Crippen molar-refractivity contribution in [2.24, 2.45) is 5.84 Å². The number of hydrogen-bond donors (Lipinski definition) is 3. The molecule has 0 radical (unpaired) electrons. The van der Waals surface area contributed by atoms with Crippen LogP contribution in [0.15, 0.2) is 12.4 Å². The van der Waals surface area contributed by atoms with Gasteiger partial charge in [0.15, 0.2) is 5.82 Å². The number of ether oxygens (including phenoxy) is 1. The average molecular weight is 183 g/mol. The van der Waals surface area contributed by atoms with E-state index >= 15 is 0 Å². The summed E-state index contributed by atoms with van der Waals surface area (Å²) < 4.78 is 4.87. The molecule has 4 N–H and O–H groups in total. The van der Waals surface area contributed by atoms with E-state index in [0.29, 0.717) is 24.8 Å². The van der Waals surface area contributed by atoms with Gasteiger partial charge in [0.05, 0.1) is 19.0 Å². The maximum atomic E-state index is 5.17. The first-order valence-electron chi connectivity index (χ1n) is 3.88. The van der Waals surface area contributed by atoms with Gasteiger partial charge in [-0.25, -0.2) is 10.8 Å². The molecule has 0 bridgehead atoms. The van der Waals surface area contributed by atoms with Crippen molar-refractivity contribution in [2.75, 3.05) is 31.0 Å². The van der Waals surface area contributed by atoms with Crippen molar-refractivity contribution in [3.05, 3.63) is 12.4 Å². The maximum Gasteiger partial charge on any atom is 0.160 e. The molecule has 6 nitrogen and oxygen atoms in total. The van der Waals surface area contributed by atoms with E-state index in [-0.39, 0.29) is 0 Å². The number of rotatable bonds is 5. The van der Waals surface area contributed by atoms with E-state index in [0.717, 1.165) is 0 Å². The van der Waals surface area contributed by atoms with Gasteiger partial charge >= 0.3 is 0 Å². The van der Waals surface area contributed by atoms with Gasteiger partial charge in [-0.15, -0.1) is 0 Å². The van der Waals surface area contributed by atoms with Crippen LogP contribution in [-0.4, -0.2) is 30.2 Å². The number of aromatic nitrogens is 2. The SMILES string of the molecule is COCCNc1cncc(NN)n1. The van der Waals surface area contributed by atoms with Crippen molar-refractivity contribution in [2.45, 2.75) is 0 Å². The first kappa shape index (κ1) is 9.69. The fourth-order valence-corrected chi connectivity index (χ4v) is 0.802. The number of nitrogen functional groups attached to an aromatic ring is 1. The summed E-state index contributed by atoms with van der Waals surface area (Å²) in [5.41, 5.74) is 2.41. The van der Waals surface area contributed by atoms with Crippen LogP contribution in [0.25, 0.3) is 0 Å². The minimum Gasteiger partial charge on any atom is -0.383 e. The topological polar surface area (TPSA) is 85.1 Å². The minimum absolute atomic E-state index is 0.530. The fraction of sp³-hybridized carbons (Fsp3) is 0.429. The van der Waals surface area contributed by atoms with Gasteiger partial charge < -0.3 is 15.5 Å². The quantitative estimate of drug-likeness (QED) is 0.333. The number of hydrazine groups is 1. The Morgan fingerprint density at radius 3 is 2.92 bits per heavy atom. The summed E-state index contributed by atoms with van der Waals surface area (Å²) in [5.74, 6) is 6.37. The molecule has 0 aliphatic rings. The van der Waals surface area contributed by atoms with E-state index in [1.807, 2.05) is 0 Å². The van der Waals surface area contributed by atoms with Crippen LogP contribution in [0.4, 0.5) is 11.6 Å². The van der Waals surface area contributed by atoms with E-state index in [2.05, 4.69) is 20.7 Å². The summed E-state index contributed by atoms with van der Waals surface area (Å²) in [6, 6.07) is 0. The number of methoxy groups -OCH3 is 1. The van der Waals surface area contributed by atoms with Crippen molar-refractivity contribution in [1.82, 2.24) is 9.97 Å². The second kappa shape index (κ2) is 5.28. The molecule has 0 amide bonds. The van der Waals surface area contributed by atoms with Crippen molar-refractivity contribution in [1.29, 1.82) is 0 Å². The van der Waals surface area contributed by atoms with Crippen LogP contribution in [-0.2, 0) is 4.74 Å². The van der Waals surface area contributed by atoms with Crippen LogP contribution in [0.2, 0.25) is 0 Å². The van der Waals surface area contributed by atoms with Crippen molar-refractivity contribution >= 4 is 11.6 Å². The Kier molecular flexibility index (Phi) is 3.94. The molecule has 6 heteroatoms. The molecule has 72 valence electrons. The van der Waals surface area contributed by atoms with Gasteiger partial charge in [-0.1, -0.05) is 0 Å². The first-order chi connectivity index (χ1) is 6.36. The van der Waals surface area contributed by atoms with Gasteiger partial charge in [0.1, 0.15) is 5.82 Å². The van der Waals surface area contributed by atoms with Crippen molar-refractivity contribution in [3.63, 3.8) is 0 Å². The molecule has 0 unspecified atom stereocenters. The Bertz CT molecular complexity index is 254. The molecule has 13 heavy (non-hydrogen) atoms. The van der Waals surface area contributed by atoms with Gasteiger partial charge in [-0.2, -0.15) is 0 Å². The van der Waals surface area contributed by atoms with Crippen LogP contribution in [0, 0.1) is 0 Å². The molecule has 1 rings (SSSR count). The molecule has 0 atom stereocenters. The average Bonchev–Trinajstić information content (AvgIpc) is 2.19. The molecule has 0 saturated carbocycles. The molecule has 0 aromatic carbocycles. The molecular weight excluding hydrogens is 170 g/mol. The van der Waals surface area contributed by atoms with Crippen molar-refractivity contribution < 1.29 is 4.74 Å². The summed E-state index contributed by atoms with van der Waals surface area (Å²) in [4.78, 5) is 8.02. The molecule has 1 aromatic rings. The lowest BCUT2D eigenvalue weighted by molar-refractivity contribution is 0.210. The minimum atomic E-state index is 0.530. The summed E-state index contributed by atoms with van der Waals surface area (Å²) in [5, 5.41) is 3.03. The molecule has 1 aromatic heterocycles. The zero-order valence-electron chi connectivity index (χ0n) is 7.45. The maximum absolute atomic E-state index is 5.17. The van der Waals surface area contributed by atoms with E-state index in [1.54, 1.807) is 19.5 Å². The van der Waals surface area contributed by atoms with Crippen LogP contribution >= 0.6 is 0 Å². The third-order valence-corrected chi connectivity index (χ3v) is 1.39. The smallest absolute Gasteiger partial charge is 0.160 e. The summed E-state index contributed by atoms with van der Waals surface area (Å²) in [6.07, 6.45) is 3.16. The fourth-order valence-electron chi connectivity index (χ4n) is 0.802. The monoisotopic (exact) mass is 183 g/mol. The lowest BCUT2D eigenvalue weighted by atomic mass is 10.6. The summed E-state index contributed by atoms with van der Waals surface area (Å²) in [6.45, 7) is 1.32. The predicted molar refractivity (Wildman–Crippen MR) is 50.2 cm³/mol. The van der Waals surface area contributed by atoms with Crippen LogP contribution < -0.4 is 16.6 Å². The molecular formula is C7H13N5O. The second-order valence-corrected chi connectivity index (χ2v) is 2.35. The number of anilines is 2. The highest BCUT2D eigenvalue weighted by atomic mass is 16.5. The number of hydrogen-bond acceptors (Lipinski definition) is 6. The zero-order valence-corrected chi connectivity index (χ0v) is 7.45. The predicted octanol–water partition coefficient (Wildman–Crippen LogP) is -0.179. The van der Waals surface area contributed by atoms with Gasteiger partial charge in [-0.05, 0) is 0 Å². The van der Waals surface area contributed by atoms with Gasteiger partial charge in [0.25, 0.3) is 0 Å². The first-order valence-corrected chi connectivity index (χ1v) is 3.88. The van der Waals surface area contributed by atoms with Crippen LogP contribution in [0.5, 0.6) is 0 Å². The Morgan fingerprint density at radius 2 is 2.23 bits per heavy atom. The molecule has 0 fully saturated rings. The molecule has 1 heterocycles. The third kappa shape index (κ3) is 3.22. The zero-order chi connectivity index (χ0) is 9.52. The molecule has 0 aliphatic carbocycles. The molecule has 0 aliphatic heterocycles. The number of nitrogens with two attached hydrogens (primary N) is 1. The van der Waals surface area contributed by atoms with Crippen LogP contribution in [0.1, 0.15) is 0 Å². The Morgan fingerprint density at radius 1 is 1.46 bits per heavy atom. The van der Waals surface area contributed by atoms with Crippen LogP contribution in [0.3, 0.4) is 0 Å². The summed E-state index contributed by atoms with van der Waals surface area (Å²) in [7, 11) is 1.64. The van der Waals surface area contributed by atoms with E-state index in [4.69, 9.17) is 10.6 Å². The largest absolute Gasteiger partial charge is 0.383 e. The number of nitrogens with one attached hydrogen (secondary N) is 2. The van der Waals surface area contributed by atoms with Crippen molar-refractivity contribution in [3.8, 4) is 0 Å². The van der Waals surface area contributed by atoms with Gasteiger partial charge in [-0.3, -0.25) is 4.98 Å². The van der Waals surface area contributed by atoms with Gasteiger partial charge in [0, 0.05) is 13.7 Å². The highest BCUT2D eigenvalue weighted by molar-refractivity contribution is 5.40. The Labute approximate surface area is 76.5 Å². The van der Waals surface area contributed by atoms with E-state index in [1.165, 1.54) is 0 Å². The highest BCUT2D eigenvalue weighted by Crippen LogP contribution is 2.03. The Balaban J connectivity index is 2.46. The van der Waals surface area contributed by atoms with E-state index < -0.39 is 0 Å². The molecule has 0 saturated heterocycles.